The summed E-state index contributed by atoms with van der Waals surface area (Å²) in [5.41, 5.74) is 0.873. The Morgan fingerprint density at radius 1 is 0.871 bits per heavy atom. The van der Waals surface area contributed by atoms with Gasteiger partial charge in [0.25, 0.3) is 5.91 Å². The standard InChI is InChI=1S/C25H25FN2O3/c1-4-31-20-15-13-18(14-16-20)27-23(29)17-9-11-19(12-10-17)28-24(30)25(2,3)21-7-5-6-8-22(21)26/h5-16H,4H2,1-3H3,(H,27,29)(H,28,30). The Labute approximate surface area is 181 Å². The van der Waals surface area contributed by atoms with Gasteiger partial charge in [0.1, 0.15) is 11.6 Å². The minimum atomic E-state index is -1.06. The normalized spacial score (nSPS) is 11.0. The van der Waals surface area contributed by atoms with Gasteiger partial charge in [-0.15, -0.1) is 0 Å². The summed E-state index contributed by atoms with van der Waals surface area (Å²) in [4.78, 5) is 25.2. The molecule has 0 aliphatic carbocycles. The van der Waals surface area contributed by atoms with Crippen LogP contribution < -0.4 is 15.4 Å². The molecule has 3 aromatic rings. The average Bonchev–Trinajstić information content (AvgIpc) is 2.76. The van der Waals surface area contributed by atoms with Crippen molar-refractivity contribution in [2.45, 2.75) is 26.2 Å². The van der Waals surface area contributed by atoms with Crippen LogP contribution in [-0.2, 0) is 10.2 Å². The van der Waals surface area contributed by atoms with Crippen LogP contribution in [0.3, 0.4) is 0 Å². The van der Waals surface area contributed by atoms with Crippen molar-refractivity contribution in [1.82, 2.24) is 0 Å². The Bertz CT molecular complexity index is 1060. The van der Waals surface area contributed by atoms with Gasteiger partial charge in [0, 0.05) is 22.5 Å². The molecule has 160 valence electrons. The average molecular weight is 420 g/mol. The lowest BCUT2D eigenvalue weighted by Gasteiger charge is -2.24. The molecule has 5 nitrogen and oxygen atoms in total. The molecule has 0 radical (unpaired) electrons. The van der Waals surface area contributed by atoms with E-state index in [1.807, 2.05) is 6.92 Å². The molecule has 3 rings (SSSR count). The third kappa shape index (κ3) is 5.28. The number of anilines is 2. The summed E-state index contributed by atoms with van der Waals surface area (Å²) >= 11 is 0. The van der Waals surface area contributed by atoms with Crippen LogP contribution in [-0.4, -0.2) is 18.4 Å². The molecule has 0 aromatic heterocycles. The maximum absolute atomic E-state index is 14.1. The van der Waals surface area contributed by atoms with Crippen LogP contribution in [0.2, 0.25) is 0 Å². The Hall–Kier alpha value is -3.67. The molecule has 0 spiro atoms. The highest BCUT2D eigenvalue weighted by Gasteiger charge is 2.32. The molecule has 0 fully saturated rings. The van der Waals surface area contributed by atoms with Gasteiger partial charge in [0.2, 0.25) is 5.91 Å². The SMILES string of the molecule is CCOc1ccc(NC(=O)c2ccc(NC(=O)C(C)(C)c3ccccc3F)cc2)cc1. The Kier molecular flexibility index (Phi) is 6.70. The highest BCUT2D eigenvalue weighted by Crippen LogP contribution is 2.27. The molecule has 0 heterocycles. The summed E-state index contributed by atoms with van der Waals surface area (Å²) in [7, 11) is 0. The number of amides is 2. The number of hydrogen-bond acceptors (Lipinski definition) is 3. The van der Waals surface area contributed by atoms with Crippen molar-refractivity contribution in [3.8, 4) is 5.75 Å². The molecule has 2 amide bonds. The second-order valence-corrected chi connectivity index (χ2v) is 7.55. The highest BCUT2D eigenvalue weighted by molar-refractivity contribution is 6.05. The molecule has 0 aliphatic heterocycles. The molecule has 31 heavy (non-hydrogen) atoms. The zero-order valence-corrected chi connectivity index (χ0v) is 17.7. The monoisotopic (exact) mass is 420 g/mol. The molecular formula is C25H25FN2O3. The van der Waals surface area contributed by atoms with Crippen LogP contribution in [0.25, 0.3) is 0 Å². The van der Waals surface area contributed by atoms with Crippen molar-refractivity contribution >= 4 is 23.2 Å². The molecule has 6 heteroatoms. The fourth-order valence-corrected chi connectivity index (χ4v) is 3.09. The van der Waals surface area contributed by atoms with Gasteiger partial charge < -0.3 is 15.4 Å². The smallest absolute Gasteiger partial charge is 0.255 e. The Balaban J connectivity index is 1.65. The van der Waals surface area contributed by atoms with E-state index in [2.05, 4.69) is 10.6 Å². The number of ether oxygens (including phenoxy) is 1. The highest BCUT2D eigenvalue weighted by atomic mass is 19.1. The molecule has 0 unspecified atom stereocenters. The Morgan fingerprint density at radius 2 is 1.45 bits per heavy atom. The molecule has 0 bridgehead atoms. The number of carbonyl (C=O) groups is 2. The predicted molar refractivity (Wildman–Crippen MR) is 120 cm³/mol. The van der Waals surface area contributed by atoms with Gasteiger partial charge in [-0.2, -0.15) is 0 Å². The summed E-state index contributed by atoms with van der Waals surface area (Å²) < 4.78 is 19.5. The number of hydrogen-bond donors (Lipinski definition) is 2. The van der Waals surface area contributed by atoms with E-state index in [0.717, 1.165) is 5.75 Å². The lowest BCUT2D eigenvalue weighted by atomic mass is 9.83. The molecule has 2 N–H and O–H groups in total. The molecule has 0 atom stereocenters. The second-order valence-electron chi connectivity index (χ2n) is 7.55. The predicted octanol–water partition coefficient (Wildman–Crippen LogP) is 5.39. The summed E-state index contributed by atoms with van der Waals surface area (Å²) in [5, 5.41) is 5.61. The molecule has 0 aliphatic rings. The third-order valence-corrected chi connectivity index (χ3v) is 4.94. The van der Waals surface area contributed by atoms with Crippen LogP contribution in [0.4, 0.5) is 15.8 Å². The fourth-order valence-electron chi connectivity index (χ4n) is 3.09. The van der Waals surface area contributed by atoms with Crippen molar-refractivity contribution in [2.75, 3.05) is 17.2 Å². The zero-order valence-electron chi connectivity index (χ0n) is 17.7. The zero-order chi connectivity index (χ0) is 22.4. The number of nitrogens with one attached hydrogen (secondary N) is 2. The van der Waals surface area contributed by atoms with Crippen LogP contribution in [0.5, 0.6) is 5.75 Å². The summed E-state index contributed by atoms with van der Waals surface area (Å²) in [6.45, 7) is 5.81. The van der Waals surface area contributed by atoms with Crippen molar-refractivity contribution in [3.63, 3.8) is 0 Å². The van der Waals surface area contributed by atoms with Crippen molar-refractivity contribution < 1.29 is 18.7 Å². The van der Waals surface area contributed by atoms with Crippen molar-refractivity contribution in [3.05, 3.63) is 89.7 Å². The van der Waals surface area contributed by atoms with Crippen LogP contribution >= 0.6 is 0 Å². The van der Waals surface area contributed by atoms with E-state index in [4.69, 9.17) is 4.74 Å². The van der Waals surface area contributed by atoms with E-state index in [0.29, 0.717) is 29.1 Å². The van der Waals surface area contributed by atoms with Gasteiger partial charge in [0.05, 0.1) is 12.0 Å². The van der Waals surface area contributed by atoms with E-state index >= 15 is 0 Å². The summed E-state index contributed by atoms with van der Waals surface area (Å²) in [6, 6.07) is 19.9. The quantitative estimate of drug-likeness (QED) is 0.538. The molecule has 0 saturated carbocycles. The third-order valence-electron chi connectivity index (χ3n) is 4.94. The molecular weight excluding hydrogens is 395 g/mol. The van der Waals surface area contributed by atoms with Crippen molar-refractivity contribution in [2.24, 2.45) is 0 Å². The Morgan fingerprint density at radius 3 is 2.06 bits per heavy atom. The second kappa shape index (κ2) is 9.43. The first-order valence-electron chi connectivity index (χ1n) is 10.0. The minimum Gasteiger partial charge on any atom is -0.494 e. The van der Waals surface area contributed by atoms with Crippen molar-refractivity contribution in [1.29, 1.82) is 0 Å². The van der Waals surface area contributed by atoms with E-state index in [-0.39, 0.29) is 11.8 Å². The number of halogens is 1. The summed E-state index contributed by atoms with van der Waals surface area (Å²) in [6.07, 6.45) is 0. The number of benzene rings is 3. The minimum absolute atomic E-state index is 0.270. The lowest BCUT2D eigenvalue weighted by Crippen LogP contribution is -2.35. The maximum Gasteiger partial charge on any atom is 0.255 e. The van der Waals surface area contributed by atoms with Crippen LogP contribution in [0, 0.1) is 5.82 Å². The maximum atomic E-state index is 14.1. The summed E-state index contributed by atoms with van der Waals surface area (Å²) in [5.74, 6) is -0.305. The van der Waals surface area contributed by atoms with Gasteiger partial charge >= 0.3 is 0 Å². The van der Waals surface area contributed by atoms with E-state index in [9.17, 15) is 14.0 Å². The van der Waals surface area contributed by atoms with Gasteiger partial charge in [-0.1, -0.05) is 18.2 Å². The first kappa shape index (κ1) is 22.0. The first-order chi connectivity index (χ1) is 14.8. The largest absolute Gasteiger partial charge is 0.494 e. The van der Waals surface area contributed by atoms with E-state index in [1.165, 1.54) is 6.07 Å². The lowest BCUT2D eigenvalue weighted by molar-refractivity contribution is -0.120. The van der Waals surface area contributed by atoms with Gasteiger partial charge in [-0.25, -0.2) is 4.39 Å². The number of carbonyl (C=O) groups excluding carboxylic acids is 2. The topological polar surface area (TPSA) is 67.4 Å². The van der Waals surface area contributed by atoms with Gasteiger partial charge in [-0.3, -0.25) is 9.59 Å². The molecule has 3 aromatic carbocycles. The van der Waals surface area contributed by atoms with Gasteiger partial charge in [-0.05, 0) is 75.4 Å². The van der Waals surface area contributed by atoms with E-state index < -0.39 is 11.2 Å². The first-order valence-corrected chi connectivity index (χ1v) is 10.0. The molecule has 0 saturated heterocycles. The fraction of sp³-hybridized carbons (Fsp3) is 0.200. The van der Waals surface area contributed by atoms with Gasteiger partial charge in [0.15, 0.2) is 0 Å². The van der Waals surface area contributed by atoms with Crippen LogP contribution in [0.1, 0.15) is 36.7 Å². The van der Waals surface area contributed by atoms with Crippen LogP contribution in [0.15, 0.2) is 72.8 Å². The van der Waals surface area contributed by atoms with E-state index in [1.54, 1.807) is 80.6 Å². The number of rotatable bonds is 7.